The second kappa shape index (κ2) is 6.82. The second-order valence-corrected chi connectivity index (χ2v) is 7.34. The summed E-state index contributed by atoms with van der Waals surface area (Å²) in [5.74, 6) is 0.567. The van der Waals surface area contributed by atoms with Gasteiger partial charge in [0.15, 0.2) is 0 Å². The average Bonchev–Trinajstić information content (AvgIpc) is 2.87. The number of piperidine rings is 1. The van der Waals surface area contributed by atoms with Crippen molar-refractivity contribution >= 4 is 5.91 Å². The standard InChI is InChI=1S/C17H30N4O/c1-6-20-9-7-8-14(12-20)10-18-16(22)15-11-19-21(13(15)2)17(3,4)5/h11,14H,6-10,12H2,1-5H3,(H,18,22)/t14-/m0/s1. The van der Waals surface area contributed by atoms with Crippen molar-refractivity contribution in [3.05, 3.63) is 17.5 Å². The molecule has 0 spiro atoms. The van der Waals surface area contributed by atoms with Gasteiger partial charge in [-0.25, -0.2) is 0 Å². The molecule has 2 heterocycles. The van der Waals surface area contributed by atoms with E-state index in [1.54, 1.807) is 6.20 Å². The number of likely N-dealkylation sites (tertiary alicyclic amines) is 1. The smallest absolute Gasteiger partial charge is 0.254 e. The first-order valence-electron chi connectivity index (χ1n) is 8.38. The van der Waals surface area contributed by atoms with E-state index >= 15 is 0 Å². The highest BCUT2D eigenvalue weighted by molar-refractivity contribution is 5.95. The van der Waals surface area contributed by atoms with Crippen molar-refractivity contribution in [3.63, 3.8) is 0 Å². The van der Waals surface area contributed by atoms with Crippen molar-refractivity contribution in [2.75, 3.05) is 26.2 Å². The van der Waals surface area contributed by atoms with E-state index in [2.05, 4.69) is 43.0 Å². The highest BCUT2D eigenvalue weighted by atomic mass is 16.1. The highest BCUT2D eigenvalue weighted by Gasteiger charge is 2.23. The number of nitrogens with zero attached hydrogens (tertiary/aromatic N) is 3. The third-order valence-electron chi connectivity index (χ3n) is 4.49. The Bertz CT molecular complexity index is 515. The van der Waals surface area contributed by atoms with Crippen LogP contribution in [0.1, 0.15) is 56.6 Å². The van der Waals surface area contributed by atoms with Crippen molar-refractivity contribution in [1.82, 2.24) is 20.0 Å². The summed E-state index contributed by atoms with van der Waals surface area (Å²) in [5, 5.41) is 7.48. The molecule has 1 atom stereocenters. The molecule has 1 aromatic rings. The first-order valence-corrected chi connectivity index (χ1v) is 8.38. The lowest BCUT2D eigenvalue weighted by Crippen LogP contribution is -2.40. The molecular weight excluding hydrogens is 276 g/mol. The molecule has 5 heteroatoms. The van der Waals surface area contributed by atoms with Crippen molar-refractivity contribution in [2.24, 2.45) is 5.92 Å². The molecule has 0 bridgehead atoms. The van der Waals surface area contributed by atoms with Gasteiger partial charge < -0.3 is 10.2 Å². The van der Waals surface area contributed by atoms with Crippen LogP contribution in [0.15, 0.2) is 6.20 Å². The van der Waals surface area contributed by atoms with Crippen molar-refractivity contribution < 1.29 is 4.79 Å². The summed E-state index contributed by atoms with van der Waals surface area (Å²) in [7, 11) is 0. The van der Waals surface area contributed by atoms with Gasteiger partial charge in [-0.3, -0.25) is 9.48 Å². The minimum absolute atomic E-state index is 0.00150. The number of nitrogens with one attached hydrogen (secondary N) is 1. The van der Waals surface area contributed by atoms with E-state index in [4.69, 9.17) is 0 Å². The van der Waals surface area contributed by atoms with Gasteiger partial charge in [0.2, 0.25) is 0 Å². The number of aromatic nitrogens is 2. The maximum Gasteiger partial charge on any atom is 0.254 e. The van der Waals surface area contributed by atoms with Crippen LogP contribution in [0, 0.1) is 12.8 Å². The zero-order valence-electron chi connectivity index (χ0n) is 14.6. The van der Waals surface area contributed by atoms with Crippen LogP contribution in [-0.4, -0.2) is 46.8 Å². The number of hydrogen-bond acceptors (Lipinski definition) is 3. The van der Waals surface area contributed by atoms with E-state index in [9.17, 15) is 4.79 Å². The molecule has 2 rings (SSSR count). The lowest BCUT2D eigenvalue weighted by atomic mass is 9.98. The number of amides is 1. The lowest BCUT2D eigenvalue weighted by Gasteiger charge is -2.31. The van der Waals surface area contributed by atoms with E-state index in [1.807, 2.05) is 11.6 Å². The maximum atomic E-state index is 12.4. The zero-order valence-corrected chi connectivity index (χ0v) is 14.6. The summed E-state index contributed by atoms with van der Waals surface area (Å²) in [4.78, 5) is 14.9. The monoisotopic (exact) mass is 306 g/mol. The normalized spacial score (nSPS) is 20.1. The third kappa shape index (κ3) is 3.88. The van der Waals surface area contributed by atoms with Gasteiger partial charge in [-0.1, -0.05) is 6.92 Å². The van der Waals surface area contributed by atoms with Crippen LogP contribution in [0.4, 0.5) is 0 Å². The summed E-state index contributed by atoms with van der Waals surface area (Å²) in [6.07, 6.45) is 4.13. The first kappa shape index (κ1) is 17.0. The lowest BCUT2D eigenvalue weighted by molar-refractivity contribution is 0.0933. The van der Waals surface area contributed by atoms with Gasteiger partial charge in [-0.05, 0) is 59.5 Å². The van der Waals surface area contributed by atoms with Gasteiger partial charge in [0, 0.05) is 18.8 Å². The van der Waals surface area contributed by atoms with Crippen LogP contribution in [0.2, 0.25) is 0 Å². The van der Waals surface area contributed by atoms with Crippen molar-refractivity contribution in [3.8, 4) is 0 Å². The molecule has 5 nitrogen and oxygen atoms in total. The molecule has 124 valence electrons. The Balaban J connectivity index is 1.94. The molecule has 1 saturated heterocycles. The fraction of sp³-hybridized carbons (Fsp3) is 0.765. The Hall–Kier alpha value is -1.36. The number of rotatable bonds is 4. The minimum atomic E-state index is -0.104. The fourth-order valence-electron chi connectivity index (χ4n) is 3.25. The molecule has 1 aromatic heterocycles. The van der Waals surface area contributed by atoms with E-state index < -0.39 is 0 Å². The zero-order chi connectivity index (χ0) is 16.3. The molecule has 22 heavy (non-hydrogen) atoms. The Morgan fingerprint density at radius 3 is 2.77 bits per heavy atom. The van der Waals surface area contributed by atoms with Crippen LogP contribution in [-0.2, 0) is 5.54 Å². The predicted octanol–water partition coefficient (Wildman–Crippen LogP) is 2.41. The summed E-state index contributed by atoms with van der Waals surface area (Å²) in [6, 6.07) is 0. The second-order valence-electron chi connectivity index (χ2n) is 7.34. The molecule has 0 aromatic carbocycles. The number of carbonyl (C=O) groups is 1. The van der Waals surface area contributed by atoms with Gasteiger partial charge in [0.1, 0.15) is 0 Å². The molecular formula is C17H30N4O. The molecule has 0 radical (unpaired) electrons. The highest BCUT2D eigenvalue weighted by Crippen LogP contribution is 2.19. The fourth-order valence-corrected chi connectivity index (χ4v) is 3.25. The number of hydrogen-bond donors (Lipinski definition) is 1. The van der Waals surface area contributed by atoms with Crippen molar-refractivity contribution in [2.45, 2.75) is 53.0 Å². The van der Waals surface area contributed by atoms with Crippen LogP contribution in [0.25, 0.3) is 0 Å². The molecule has 0 saturated carbocycles. The van der Waals surface area contributed by atoms with E-state index in [0.29, 0.717) is 11.5 Å². The average molecular weight is 306 g/mol. The van der Waals surface area contributed by atoms with Crippen LogP contribution in [0.3, 0.4) is 0 Å². The van der Waals surface area contributed by atoms with E-state index in [1.165, 1.54) is 19.4 Å². The van der Waals surface area contributed by atoms with Gasteiger partial charge in [-0.15, -0.1) is 0 Å². The molecule has 1 aliphatic rings. The third-order valence-corrected chi connectivity index (χ3v) is 4.49. The Morgan fingerprint density at radius 2 is 2.18 bits per heavy atom. The van der Waals surface area contributed by atoms with Gasteiger partial charge in [-0.2, -0.15) is 5.10 Å². The Kier molecular flexibility index (Phi) is 5.27. The molecule has 1 aliphatic heterocycles. The SMILES string of the molecule is CCN1CCC[C@@H](CNC(=O)c2cnn(C(C)(C)C)c2C)C1. The van der Waals surface area contributed by atoms with E-state index in [0.717, 1.165) is 25.3 Å². The van der Waals surface area contributed by atoms with Crippen LogP contribution >= 0.6 is 0 Å². The Labute approximate surface area is 134 Å². The molecule has 1 fully saturated rings. The molecule has 0 aliphatic carbocycles. The quantitative estimate of drug-likeness (QED) is 0.929. The van der Waals surface area contributed by atoms with Crippen molar-refractivity contribution in [1.29, 1.82) is 0 Å². The summed E-state index contributed by atoms with van der Waals surface area (Å²) in [6.45, 7) is 14.6. The Morgan fingerprint density at radius 1 is 1.45 bits per heavy atom. The first-order chi connectivity index (χ1) is 10.3. The van der Waals surface area contributed by atoms with Gasteiger partial charge >= 0.3 is 0 Å². The maximum absolute atomic E-state index is 12.4. The molecule has 1 N–H and O–H groups in total. The summed E-state index contributed by atoms with van der Waals surface area (Å²) in [5.41, 5.74) is 1.52. The minimum Gasteiger partial charge on any atom is -0.352 e. The largest absolute Gasteiger partial charge is 0.352 e. The number of carbonyl (C=O) groups excluding carboxylic acids is 1. The van der Waals surface area contributed by atoms with Crippen LogP contribution in [0.5, 0.6) is 0 Å². The predicted molar refractivity (Wildman–Crippen MR) is 89.1 cm³/mol. The van der Waals surface area contributed by atoms with E-state index in [-0.39, 0.29) is 11.4 Å². The van der Waals surface area contributed by atoms with Gasteiger partial charge in [0.05, 0.1) is 17.3 Å². The summed E-state index contributed by atoms with van der Waals surface area (Å²) < 4.78 is 1.92. The topological polar surface area (TPSA) is 50.2 Å². The van der Waals surface area contributed by atoms with Gasteiger partial charge in [0.25, 0.3) is 5.91 Å². The summed E-state index contributed by atoms with van der Waals surface area (Å²) >= 11 is 0. The molecule has 1 amide bonds. The van der Waals surface area contributed by atoms with Crippen LogP contribution < -0.4 is 5.32 Å². The molecule has 0 unspecified atom stereocenters.